The quantitative estimate of drug-likeness (QED) is 0.676. The second-order valence-corrected chi connectivity index (χ2v) is 9.22. The monoisotopic (exact) mass is 456 g/mol. The lowest BCUT2D eigenvalue weighted by atomic mass is 9.65. The van der Waals surface area contributed by atoms with Gasteiger partial charge in [-0.1, -0.05) is 49.4 Å². The standard InChI is InChI=1S/C26H29FN2O2.ClH/c1-19-17-29(16-15-26(19,24(30)31)21-5-3-2-4-6-21)23-11-13-25(18-28,14-12-23)20-7-9-22(27)10-8-20;/h2-10,19,23H,11-17H2,1H3,(H,30,31);1H. The van der Waals surface area contributed by atoms with Crippen LogP contribution in [0.3, 0.4) is 0 Å². The molecule has 0 aromatic heterocycles. The number of likely N-dealkylation sites (tertiary alicyclic amines) is 1. The minimum absolute atomic E-state index is 0. The molecule has 2 fully saturated rings. The Bertz CT molecular complexity index is 968. The summed E-state index contributed by atoms with van der Waals surface area (Å²) in [5.41, 5.74) is 0.381. The van der Waals surface area contributed by atoms with Crippen LogP contribution in [-0.2, 0) is 15.6 Å². The van der Waals surface area contributed by atoms with Gasteiger partial charge in [0.15, 0.2) is 0 Å². The molecule has 1 N–H and O–H groups in total. The molecule has 0 amide bonds. The zero-order chi connectivity index (χ0) is 22.1. The van der Waals surface area contributed by atoms with Crippen LogP contribution in [0.2, 0.25) is 0 Å². The average molecular weight is 457 g/mol. The van der Waals surface area contributed by atoms with Crippen LogP contribution in [0.1, 0.15) is 50.2 Å². The number of aliphatic carboxylic acids is 1. The second kappa shape index (κ2) is 9.60. The lowest BCUT2D eigenvalue weighted by Crippen LogP contribution is -2.56. The van der Waals surface area contributed by atoms with E-state index >= 15 is 0 Å². The molecule has 1 saturated carbocycles. The molecule has 170 valence electrons. The number of carboxylic acid groups (broad SMARTS) is 1. The summed E-state index contributed by atoms with van der Waals surface area (Å²) in [4.78, 5) is 14.8. The number of rotatable bonds is 4. The van der Waals surface area contributed by atoms with Gasteiger partial charge < -0.3 is 10.0 Å². The van der Waals surface area contributed by atoms with Crippen LogP contribution in [-0.4, -0.2) is 35.1 Å². The van der Waals surface area contributed by atoms with E-state index in [1.807, 2.05) is 37.3 Å². The average Bonchev–Trinajstić information content (AvgIpc) is 2.80. The maximum atomic E-state index is 13.3. The fraction of sp³-hybridized carbons (Fsp3) is 0.462. The van der Waals surface area contributed by atoms with Gasteiger partial charge in [0, 0.05) is 12.6 Å². The third-order valence-corrected chi connectivity index (χ3v) is 7.75. The maximum Gasteiger partial charge on any atom is 0.314 e. The van der Waals surface area contributed by atoms with Gasteiger partial charge in [0.05, 0.1) is 16.9 Å². The van der Waals surface area contributed by atoms with Gasteiger partial charge in [-0.15, -0.1) is 12.4 Å². The summed E-state index contributed by atoms with van der Waals surface area (Å²) in [5, 5.41) is 20.1. The zero-order valence-electron chi connectivity index (χ0n) is 18.3. The van der Waals surface area contributed by atoms with Crippen molar-refractivity contribution in [2.24, 2.45) is 5.92 Å². The van der Waals surface area contributed by atoms with Crippen LogP contribution < -0.4 is 0 Å². The smallest absolute Gasteiger partial charge is 0.314 e. The summed E-state index contributed by atoms with van der Waals surface area (Å²) in [6.45, 7) is 3.53. The minimum atomic E-state index is -0.850. The van der Waals surface area contributed by atoms with Crippen LogP contribution in [0.15, 0.2) is 54.6 Å². The summed E-state index contributed by atoms with van der Waals surface area (Å²) < 4.78 is 13.3. The van der Waals surface area contributed by atoms with Gasteiger partial charge in [-0.3, -0.25) is 4.79 Å². The van der Waals surface area contributed by atoms with Gasteiger partial charge >= 0.3 is 5.97 Å². The predicted octanol–water partition coefficient (Wildman–Crippen LogP) is 5.32. The van der Waals surface area contributed by atoms with Gasteiger partial charge in [0.1, 0.15) is 5.82 Å². The van der Waals surface area contributed by atoms with E-state index in [1.54, 1.807) is 12.1 Å². The van der Waals surface area contributed by atoms with Crippen molar-refractivity contribution in [3.63, 3.8) is 0 Å². The molecule has 2 atom stereocenters. The zero-order valence-corrected chi connectivity index (χ0v) is 19.2. The summed E-state index contributed by atoms with van der Waals surface area (Å²) in [6.07, 6.45) is 3.86. The fourth-order valence-corrected chi connectivity index (χ4v) is 5.80. The largest absolute Gasteiger partial charge is 0.481 e. The number of carbonyl (C=O) groups is 1. The third-order valence-electron chi connectivity index (χ3n) is 7.75. The molecule has 1 aliphatic carbocycles. The molecule has 1 saturated heterocycles. The normalized spacial score (nSPS) is 30.7. The number of hydrogen-bond donors (Lipinski definition) is 1. The summed E-state index contributed by atoms with van der Waals surface area (Å²) in [5.74, 6) is -1.04. The van der Waals surface area contributed by atoms with Crippen LogP contribution >= 0.6 is 12.4 Å². The Morgan fingerprint density at radius 3 is 2.22 bits per heavy atom. The Morgan fingerprint density at radius 1 is 1.06 bits per heavy atom. The molecule has 1 heterocycles. The van der Waals surface area contributed by atoms with Crippen LogP contribution in [0.4, 0.5) is 4.39 Å². The van der Waals surface area contributed by atoms with Crippen molar-refractivity contribution in [2.45, 2.75) is 55.9 Å². The van der Waals surface area contributed by atoms with Crippen molar-refractivity contribution >= 4 is 18.4 Å². The first-order valence-corrected chi connectivity index (χ1v) is 11.1. The van der Waals surface area contributed by atoms with Gasteiger partial charge in [-0.05, 0) is 67.8 Å². The Hall–Kier alpha value is -2.42. The molecule has 2 aliphatic rings. The highest BCUT2D eigenvalue weighted by Crippen LogP contribution is 2.44. The van der Waals surface area contributed by atoms with E-state index in [-0.39, 0.29) is 24.1 Å². The first-order chi connectivity index (χ1) is 14.9. The SMILES string of the molecule is CC1CN(C2CCC(C#N)(c3ccc(F)cc3)CC2)CCC1(C(=O)O)c1ccccc1.Cl. The van der Waals surface area contributed by atoms with Gasteiger partial charge in [-0.25, -0.2) is 4.39 Å². The predicted molar refractivity (Wildman–Crippen MR) is 124 cm³/mol. The molecule has 0 bridgehead atoms. The minimum Gasteiger partial charge on any atom is -0.481 e. The van der Waals surface area contributed by atoms with Crippen molar-refractivity contribution in [1.82, 2.24) is 4.90 Å². The number of nitriles is 1. The molecule has 32 heavy (non-hydrogen) atoms. The van der Waals surface area contributed by atoms with E-state index in [4.69, 9.17) is 0 Å². The topological polar surface area (TPSA) is 64.3 Å². The molecule has 0 radical (unpaired) electrons. The lowest BCUT2D eigenvalue weighted by molar-refractivity contribution is -0.149. The van der Waals surface area contributed by atoms with Crippen molar-refractivity contribution in [3.05, 3.63) is 71.5 Å². The van der Waals surface area contributed by atoms with Crippen molar-refractivity contribution in [3.8, 4) is 6.07 Å². The maximum absolute atomic E-state index is 13.3. The van der Waals surface area contributed by atoms with E-state index in [0.717, 1.165) is 49.9 Å². The van der Waals surface area contributed by atoms with Crippen molar-refractivity contribution in [2.75, 3.05) is 13.1 Å². The van der Waals surface area contributed by atoms with Crippen molar-refractivity contribution < 1.29 is 14.3 Å². The first-order valence-electron chi connectivity index (χ1n) is 11.1. The number of halogens is 2. The fourth-order valence-electron chi connectivity index (χ4n) is 5.80. The third kappa shape index (κ3) is 4.14. The van der Waals surface area contributed by atoms with Crippen molar-refractivity contribution in [1.29, 1.82) is 5.26 Å². The second-order valence-electron chi connectivity index (χ2n) is 9.22. The highest BCUT2D eigenvalue weighted by atomic mass is 35.5. The molecule has 2 aromatic carbocycles. The number of nitrogens with zero attached hydrogens (tertiary/aromatic N) is 2. The number of benzene rings is 2. The van der Waals surface area contributed by atoms with Crippen LogP contribution in [0, 0.1) is 23.1 Å². The Kier molecular flexibility index (Phi) is 7.27. The molecule has 0 spiro atoms. The van der Waals surface area contributed by atoms with Gasteiger partial charge in [0.25, 0.3) is 0 Å². The molecule has 2 aromatic rings. The highest BCUT2D eigenvalue weighted by Gasteiger charge is 2.50. The summed E-state index contributed by atoms with van der Waals surface area (Å²) in [6, 6.07) is 18.8. The van der Waals surface area contributed by atoms with E-state index in [0.29, 0.717) is 12.5 Å². The van der Waals surface area contributed by atoms with E-state index < -0.39 is 16.8 Å². The molecule has 2 unspecified atom stereocenters. The van der Waals surface area contributed by atoms with Crippen LogP contribution in [0.25, 0.3) is 0 Å². The summed E-state index contributed by atoms with van der Waals surface area (Å²) >= 11 is 0. The molecule has 6 heteroatoms. The number of piperidine rings is 1. The van der Waals surface area contributed by atoms with E-state index in [2.05, 4.69) is 11.0 Å². The van der Waals surface area contributed by atoms with E-state index in [9.17, 15) is 19.6 Å². The van der Waals surface area contributed by atoms with E-state index in [1.165, 1.54) is 12.1 Å². The highest BCUT2D eigenvalue weighted by molar-refractivity contribution is 5.85. The lowest BCUT2D eigenvalue weighted by Gasteiger charge is -2.48. The van der Waals surface area contributed by atoms with Crippen LogP contribution in [0.5, 0.6) is 0 Å². The molecular weight excluding hydrogens is 427 g/mol. The molecule has 4 rings (SSSR count). The molecule has 4 nitrogen and oxygen atoms in total. The summed E-state index contributed by atoms with van der Waals surface area (Å²) in [7, 11) is 0. The Balaban J connectivity index is 0.00000289. The Morgan fingerprint density at radius 2 is 1.69 bits per heavy atom. The molecule has 1 aliphatic heterocycles. The first kappa shape index (κ1) is 24.2. The number of hydrogen-bond acceptors (Lipinski definition) is 3. The Labute approximate surface area is 195 Å². The van der Waals surface area contributed by atoms with Gasteiger partial charge in [0.2, 0.25) is 0 Å². The molecular formula is C26H30ClFN2O2. The number of carboxylic acids is 1. The van der Waals surface area contributed by atoms with Gasteiger partial charge in [-0.2, -0.15) is 5.26 Å².